The third-order valence-electron chi connectivity index (χ3n) is 4.02. The highest BCUT2D eigenvalue weighted by Gasteiger charge is 2.13. The maximum Gasteiger partial charge on any atom is 0.248 e. The van der Waals surface area contributed by atoms with Crippen molar-refractivity contribution >= 4 is 27.7 Å². The van der Waals surface area contributed by atoms with Crippen LogP contribution in [0.15, 0.2) is 82.1 Å². The van der Waals surface area contributed by atoms with Gasteiger partial charge in [-0.15, -0.1) is 0 Å². The van der Waals surface area contributed by atoms with Gasteiger partial charge in [-0.1, -0.05) is 30.3 Å². The number of benzene rings is 2. The summed E-state index contributed by atoms with van der Waals surface area (Å²) in [5, 5.41) is 2.75. The van der Waals surface area contributed by atoms with E-state index in [9.17, 15) is 13.2 Å². The number of furan rings is 1. The molecule has 1 amide bonds. The van der Waals surface area contributed by atoms with Gasteiger partial charge in [-0.05, 0) is 49.4 Å². The standard InChI is InChI=1S/C22H22N2O5S/c1-2-28-21-11-7-6-10-20(21)24-22(25)15-14-17-12-13-18(29-17)16-23-30(26,27)19-8-4-3-5-9-19/h3-15,23H,2,16H2,1H3,(H,24,25)/b15-14+. The molecule has 3 rings (SSSR count). The van der Waals surface area contributed by atoms with Crippen molar-refractivity contribution in [2.45, 2.75) is 18.4 Å². The Labute approximate surface area is 175 Å². The van der Waals surface area contributed by atoms with Gasteiger partial charge in [0.1, 0.15) is 17.3 Å². The number of ether oxygens (including phenoxy) is 1. The first kappa shape index (κ1) is 21.4. The summed E-state index contributed by atoms with van der Waals surface area (Å²) in [6, 6.07) is 18.5. The normalized spacial score (nSPS) is 11.5. The number of hydrogen-bond donors (Lipinski definition) is 2. The second-order valence-electron chi connectivity index (χ2n) is 6.19. The second-order valence-corrected chi connectivity index (χ2v) is 7.96. The highest BCUT2D eigenvalue weighted by atomic mass is 32.2. The minimum Gasteiger partial charge on any atom is -0.492 e. The fourth-order valence-corrected chi connectivity index (χ4v) is 3.63. The molecule has 0 aliphatic rings. The SMILES string of the molecule is CCOc1ccccc1NC(=O)/C=C/c1ccc(CNS(=O)(=O)c2ccccc2)o1. The molecule has 7 nitrogen and oxygen atoms in total. The van der Waals surface area contributed by atoms with Gasteiger partial charge >= 0.3 is 0 Å². The number of carbonyl (C=O) groups excluding carboxylic acids is 1. The van der Waals surface area contributed by atoms with E-state index >= 15 is 0 Å². The molecule has 0 unspecified atom stereocenters. The van der Waals surface area contributed by atoms with E-state index in [1.165, 1.54) is 24.3 Å². The highest BCUT2D eigenvalue weighted by Crippen LogP contribution is 2.23. The highest BCUT2D eigenvalue weighted by molar-refractivity contribution is 7.89. The largest absolute Gasteiger partial charge is 0.492 e. The predicted octanol–water partition coefficient (Wildman–Crippen LogP) is 3.81. The molecule has 0 saturated heterocycles. The maximum absolute atomic E-state index is 12.2. The number of amides is 1. The molecule has 1 heterocycles. The van der Waals surface area contributed by atoms with E-state index in [1.807, 2.05) is 13.0 Å². The topological polar surface area (TPSA) is 97.6 Å². The van der Waals surface area contributed by atoms with E-state index in [-0.39, 0.29) is 17.3 Å². The van der Waals surface area contributed by atoms with Crippen LogP contribution < -0.4 is 14.8 Å². The van der Waals surface area contributed by atoms with Gasteiger partial charge < -0.3 is 14.5 Å². The van der Waals surface area contributed by atoms with Crippen LogP contribution >= 0.6 is 0 Å². The number of para-hydroxylation sites is 2. The van der Waals surface area contributed by atoms with Gasteiger partial charge in [-0.2, -0.15) is 0 Å². The lowest BCUT2D eigenvalue weighted by atomic mass is 10.3. The molecule has 2 N–H and O–H groups in total. The molecule has 2 aromatic carbocycles. The molecule has 1 aromatic heterocycles. The Morgan fingerprint density at radius 3 is 2.53 bits per heavy atom. The zero-order valence-electron chi connectivity index (χ0n) is 16.4. The summed E-state index contributed by atoms with van der Waals surface area (Å²) in [5.41, 5.74) is 0.574. The van der Waals surface area contributed by atoms with Crippen molar-refractivity contribution in [1.82, 2.24) is 4.72 Å². The van der Waals surface area contributed by atoms with Gasteiger partial charge in [0.05, 0.1) is 23.7 Å². The van der Waals surface area contributed by atoms with E-state index in [0.717, 1.165) is 0 Å². The Bertz CT molecular complexity index is 1120. The lowest BCUT2D eigenvalue weighted by molar-refractivity contribution is -0.111. The van der Waals surface area contributed by atoms with E-state index in [4.69, 9.17) is 9.15 Å². The Balaban J connectivity index is 1.57. The molecule has 0 aliphatic heterocycles. The molecule has 0 aliphatic carbocycles. The summed E-state index contributed by atoms with van der Waals surface area (Å²) in [6.45, 7) is 2.36. The Hall–Kier alpha value is -3.36. The summed E-state index contributed by atoms with van der Waals surface area (Å²) in [4.78, 5) is 12.4. The van der Waals surface area contributed by atoms with Gasteiger partial charge in [-0.3, -0.25) is 4.79 Å². The third-order valence-corrected chi connectivity index (χ3v) is 5.43. The van der Waals surface area contributed by atoms with Gasteiger partial charge in [0.25, 0.3) is 0 Å². The molecular weight excluding hydrogens is 404 g/mol. The number of hydrogen-bond acceptors (Lipinski definition) is 5. The van der Waals surface area contributed by atoms with Crippen LogP contribution in [0.25, 0.3) is 6.08 Å². The molecule has 0 fully saturated rings. The van der Waals surface area contributed by atoms with Gasteiger partial charge in [0.2, 0.25) is 15.9 Å². The molecule has 156 valence electrons. The van der Waals surface area contributed by atoms with Crippen LogP contribution in [0, 0.1) is 0 Å². The number of anilines is 1. The van der Waals surface area contributed by atoms with Crippen molar-refractivity contribution in [3.8, 4) is 5.75 Å². The van der Waals surface area contributed by atoms with Crippen molar-refractivity contribution < 1.29 is 22.4 Å². The maximum atomic E-state index is 12.2. The summed E-state index contributed by atoms with van der Waals surface area (Å²) in [6.07, 6.45) is 2.84. The van der Waals surface area contributed by atoms with Crippen molar-refractivity contribution in [2.24, 2.45) is 0 Å². The Morgan fingerprint density at radius 1 is 1.03 bits per heavy atom. The molecule has 30 heavy (non-hydrogen) atoms. The van der Waals surface area contributed by atoms with Crippen molar-refractivity contribution in [2.75, 3.05) is 11.9 Å². The average Bonchev–Trinajstić information content (AvgIpc) is 3.21. The second kappa shape index (κ2) is 9.91. The lowest BCUT2D eigenvalue weighted by Gasteiger charge is -2.09. The predicted molar refractivity (Wildman–Crippen MR) is 114 cm³/mol. The molecule has 8 heteroatoms. The zero-order valence-corrected chi connectivity index (χ0v) is 17.2. The van der Waals surface area contributed by atoms with Crippen molar-refractivity contribution in [1.29, 1.82) is 0 Å². The monoisotopic (exact) mass is 426 g/mol. The van der Waals surface area contributed by atoms with E-state index < -0.39 is 10.0 Å². The molecule has 0 radical (unpaired) electrons. The molecule has 0 atom stereocenters. The van der Waals surface area contributed by atoms with E-state index in [0.29, 0.717) is 29.6 Å². The van der Waals surface area contributed by atoms with Crippen LogP contribution in [0.2, 0.25) is 0 Å². The van der Waals surface area contributed by atoms with E-state index in [2.05, 4.69) is 10.0 Å². The fraction of sp³-hybridized carbons (Fsp3) is 0.136. The first-order valence-electron chi connectivity index (χ1n) is 9.32. The molecule has 0 saturated carbocycles. The molecule has 0 spiro atoms. The van der Waals surface area contributed by atoms with Crippen LogP contribution in [0.5, 0.6) is 5.75 Å². The summed E-state index contributed by atoms with van der Waals surface area (Å²) in [5.74, 6) is 1.10. The number of sulfonamides is 1. The Morgan fingerprint density at radius 2 is 1.77 bits per heavy atom. The average molecular weight is 426 g/mol. The smallest absolute Gasteiger partial charge is 0.248 e. The summed E-state index contributed by atoms with van der Waals surface area (Å²) in [7, 11) is -3.62. The minimum absolute atomic E-state index is 0.000996. The molecular formula is C22H22N2O5S. The number of carbonyl (C=O) groups is 1. The lowest BCUT2D eigenvalue weighted by Crippen LogP contribution is -2.22. The van der Waals surface area contributed by atoms with E-state index in [1.54, 1.807) is 48.5 Å². The van der Waals surface area contributed by atoms with Crippen LogP contribution in [0.4, 0.5) is 5.69 Å². The quantitative estimate of drug-likeness (QED) is 0.507. The molecule has 3 aromatic rings. The van der Waals surface area contributed by atoms with Gasteiger partial charge in [0.15, 0.2) is 0 Å². The third kappa shape index (κ3) is 5.82. The van der Waals surface area contributed by atoms with Crippen molar-refractivity contribution in [3.05, 3.63) is 84.3 Å². The van der Waals surface area contributed by atoms with Crippen LogP contribution in [-0.2, 0) is 21.4 Å². The summed E-state index contributed by atoms with van der Waals surface area (Å²) >= 11 is 0. The Kier molecular flexibility index (Phi) is 7.05. The number of rotatable bonds is 9. The first-order chi connectivity index (χ1) is 14.5. The van der Waals surface area contributed by atoms with Crippen molar-refractivity contribution in [3.63, 3.8) is 0 Å². The first-order valence-corrected chi connectivity index (χ1v) is 10.8. The summed E-state index contributed by atoms with van der Waals surface area (Å²) < 4.78 is 38.0. The van der Waals surface area contributed by atoms with Crippen LogP contribution in [-0.4, -0.2) is 20.9 Å². The van der Waals surface area contributed by atoms with Gasteiger partial charge in [0, 0.05) is 6.08 Å². The fourth-order valence-electron chi connectivity index (χ4n) is 2.61. The number of nitrogens with one attached hydrogen (secondary N) is 2. The van der Waals surface area contributed by atoms with Gasteiger partial charge in [-0.25, -0.2) is 13.1 Å². The van der Waals surface area contributed by atoms with Crippen LogP contribution in [0.3, 0.4) is 0 Å². The zero-order chi connectivity index (χ0) is 21.4. The van der Waals surface area contributed by atoms with Crippen LogP contribution in [0.1, 0.15) is 18.4 Å². The molecule has 0 bridgehead atoms. The minimum atomic E-state index is -3.62.